The van der Waals surface area contributed by atoms with Crippen molar-refractivity contribution in [1.82, 2.24) is 0 Å². The van der Waals surface area contributed by atoms with Crippen molar-refractivity contribution in [2.75, 3.05) is 5.32 Å². The molecule has 19 heavy (non-hydrogen) atoms. The molecule has 1 atom stereocenters. The van der Waals surface area contributed by atoms with E-state index in [1.807, 2.05) is 18.4 Å². The van der Waals surface area contributed by atoms with Crippen LogP contribution < -0.4 is 5.32 Å². The third-order valence-corrected chi connectivity index (χ3v) is 4.39. The summed E-state index contributed by atoms with van der Waals surface area (Å²) >= 11 is 10.7. The minimum absolute atomic E-state index is 0.0589. The molecular formula is C12H10BrClN2O2S. The molecule has 0 spiro atoms. The summed E-state index contributed by atoms with van der Waals surface area (Å²) in [5.41, 5.74) is 1.95. The third kappa shape index (κ3) is 3.46. The Balaban J connectivity index is 2.17. The van der Waals surface area contributed by atoms with E-state index in [9.17, 15) is 10.1 Å². The molecule has 0 aliphatic rings. The van der Waals surface area contributed by atoms with Crippen LogP contribution in [0.1, 0.15) is 18.5 Å². The fourth-order valence-electron chi connectivity index (χ4n) is 1.60. The van der Waals surface area contributed by atoms with E-state index in [0.29, 0.717) is 4.47 Å². The molecule has 0 amide bonds. The largest absolute Gasteiger partial charge is 0.378 e. The molecule has 0 aliphatic heterocycles. The highest BCUT2D eigenvalue weighted by Crippen LogP contribution is 2.31. The second-order valence-electron chi connectivity index (χ2n) is 3.97. The molecule has 4 nitrogen and oxygen atoms in total. The number of non-ortho nitro benzene ring substituents is 1. The van der Waals surface area contributed by atoms with Gasteiger partial charge in [0.15, 0.2) is 0 Å². The molecule has 2 rings (SSSR count). The summed E-state index contributed by atoms with van der Waals surface area (Å²) < 4.78 is 1.40. The van der Waals surface area contributed by atoms with Crippen LogP contribution in [-0.4, -0.2) is 4.92 Å². The van der Waals surface area contributed by atoms with Gasteiger partial charge in [0.05, 0.1) is 9.26 Å². The van der Waals surface area contributed by atoms with Crippen molar-refractivity contribution < 1.29 is 4.92 Å². The topological polar surface area (TPSA) is 55.2 Å². The van der Waals surface area contributed by atoms with Gasteiger partial charge >= 0.3 is 0 Å². The summed E-state index contributed by atoms with van der Waals surface area (Å²) in [5, 5.41) is 15.9. The van der Waals surface area contributed by atoms with E-state index >= 15 is 0 Å². The van der Waals surface area contributed by atoms with Gasteiger partial charge in [0.1, 0.15) is 0 Å². The van der Waals surface area contributed by atoms with Crippen molar-refractivity contribution in [2.45, 2.75) is 13.0 Å². The monoisotopic (exact) mass is 360 g/mol. The molecule has 1 N–H and O–H groups in total. The lowest BCUT2D eigenvalue weighted by Gasteiger charge is -2.15. The van der Waals surface area contributed by atoms with Crippen LogP contribution in [0, 0.1) is 10.1 Å². The predicted molar refractivity (Wildman–Crippen MR) is 82.2 cm³/mol. The van der Waals surface area contributed by atoms with Gasteiger partial charge in [-0.3, -0.25) is 10.1 Å². The molecule has 1 aromatic heterocycles. The molecule has 7 heteroatoms. The number of rotatable bonds is 4. The number of hydrogen-bond acceptors (Lipinski definition) is 4. The van der Waals surface area contributed by atoms with Crippen LogP contribution >= 0.6 is 38.9 Å². The Morgan fingerprint density at radius 1 is 1.47 bits per heavy atom. The molecule has 1 unspecified atom stereocenters. The lowest BCUT2D eigenvalue weighted by Crippen LogP contribution is -2.06. The van der Waals surface area contributed by atoms with E-state index in [2.05, 4.69) is 21.2 Å². The predicted octanol–water partition coefficient (Wildman–Crippen LogP) is 5.25. The van der Waals surface area contributed by atoms with Gasteiger partial charge in [-0.1, -0.05) is 11.6 Å². The Morgan fingerprint density at radius 2 is 2.21 bits per heavy atom. The quantitative estimate of drug-likeness (QED) is 0.598. The van der Waals surface area contributed by atoms with Crippen LogP contribution in [0.15, 0.2) is 34.1 Å². The SMILES string of the molecule is CC(Nc1ccc([N+](=O)[O-])cc1Br)c1csc(Cl)c1. The lowest BCUT2D eigenvalue weighted by atomic mass is 10.1. The Morgan fingerprint density at radius 3 is 2.74 bits per heavy atom. The van der Waals surface area contributed by atoms with E-state index in [0.717, 1.165) is 15.6 Å². The molecule has 1 heterocycles. The molecule has 0 radical (unpaired) electrons. The molecular weight excluding hydrogens is 352 g/mol. The van der Waals surface area contributed by atoms with Crippen molar-refractivity contribution in [3.05, 3.63) is 54.1 Å². The Labute approximate surface area is 127 Å². The maximum Gasteiger partial charge on any atom is 0.270 e. The van der Waals surface area contributed by atoms with Gasteiger partial charge in [-0.25, -0.2) is 0 Å². The Bertz CT molecular complexity index is 618. The zero-order valence-corrected chi connectivity index (χ0v) is 13.1. The normalized spacial score (nSPS) is 12.2. The number of thiophene rings is 1. The van der Waals surface area contributed by atoms with Crippen LogP contribution in [0.2, 0.25) is 4.34 Å². The van der Waals surface area contributed by atoms with Gasteiger partial charge < -0.3 is 5.32 Å². The highest BCUT2D eigenvalue weighted by molar-refractivity contribution is 9.10. The van der Waals surface area contributed by atoms with Crippen LogP contribution in [0.5, 0.6) is 0 Å². The number of hydrogen-bond donors (Lipinski definition) is 1. The molecule has 2 aromatic rings. The second-order valence-corrected chi connectivity index (χ2v) is 6.37. The standard InChI is InChI=1S/C12H10BrClN2O2S/c1-7(8-4-12(14)19-6-8)15-11-3-2-9(16(17)18)5-10(11)13/h2-7,15H,1H3. The average Bonchev–Trinajstić information content (AvgIpc) is 2.78. The van der Waals surface area contributed by atoms with Crippen LogP contribution in [0.25, 0.3) is 0 Å². The van der Waals surface area contributed by atoms with Crippen LogP contribution in [0.3, 0.4) is 0 Å². The van der Waals surface area contributed by atoms with Gasteiger partial charge in [-0.2, -0.15) is 0 Å². The van der Waals surface area contributed by atoms with E-state index in [1.165, 1.54) is 23.5 Å². The van der Waals surface area contributed by atoms with Gasteiger partial charge in [0.25, 0.3) is 5.69 Å². The van der Waals surface area contributed by atoms with Gasteiger partial charge in [-0.05, 0) is 45.9 Å². The zero-order valence-electron chi connectivity index (χ0n) is 9.89. The van der Waals surface area contributed by atoms with Crippen LogP contribution in [-0.2, 0) is 0 Å². The van der Waals surface area contributed by atoms with Crippen molar-refractivity contribution >= 4 is 50.2 Å². The average molecular weight is 362 g/mol. The fourth-order valence-corrected chi connectivity index (χ4v) is 3.07. The highest BCUT2D eigenvalue weighted by Gasteiger charge is 2.12. The van der Waals surface area contributed by atoms with E-state index in [4.69, 9.17) is 11.6 Å². The maximum atomic E-state index is 10.7. The van der Waals surface area contributed by atoms with E-state index < -0.39 is 4.92 Å². The number of nitrogens with one attached hydrogen (secondary N) is 1. The fraction of sp³-hybridized carbons (Fsp3) is 0.167. The summed E-state index contributed by atoms with van der Waals surface area (Å²) in [7, 11) is 0. The first-order valence-electron chi connectivity index (χ1n) is 5.42. The van der Waals surface area contributed by atoms with Crippen molar-refractivity contribution in [3.63, 3.8) is 0 Å². The molecule has 0 bridgehead atoms. The third-order valence-electron chi connectivity index (χ3n) is 2.62. The smallest absolute Gasteiger partial charge is 0.270 e. The maximum absolute atomic E-state index is 10.7. The summed E-state index contributed by atoms with van der Waals surface area (Å²) in [4.78, 5) is 10.2. The van der Waals surface area contributed by atoms with Gasteiger partial charge in [0, 0.05) is 28.3 Å². The summed E-state index contributed by atoms with van der Waals surface area (Å²) in [5.74, 6) is 0. The molecule has 0 saturated heterocycles. The summed E-state index contributed by atoms with van der Waals surface area (Å²) in [6.07, 6.45) is 0. The van der Waals surface area contributed by atoms with E-state index in [1.54, 1.807) is 6.07 Å². The number of nitrogens with zero attached hydrogens (tertiary/aromatic N) is 1. The van der Waals surface area contributed by atoms with E-state index in [-0.39, 0.29) is 11.7 Å². The number of anilines is 1. The second kappa shape index (κ2) is 5.90. The molecule has 100 valence electrons. The van der Waals surface area contributed by atoms with Gasteiger partial charge in [0.2, 0.25) is 0 Å². The molecule has 0 saturated carbocycles. The van der Waals surface area contributed by atoms with Gasteiger partial charge in [-0.15, -0.1) is 11.3 Å². The minimum Gasteiger partial charge on any atom is -0.378 e. The van der Waals surface area contributed by atoms with Crippen molar-refractivity contribution in [1.29, 1.82) is 0 Å². The Hall–Kier alpha value is -1.11. The highest BCUT2D eigenvalue weighted by atomic mass is 79.9. The number of halogens is 2. The summed E-state index contributed by atoms with van der Waals surface area (Å²) in [6.45, 7) is 2.01. The molecule has 1 aromatic carbocycles. The number of nitro benzene ring substituents is 1. The molecule has 0 fully saturated rings. The minimum atomic E-state index is -0.420. The lowest BCUT2D eigenvalue weighted by molar-refractivity contribution is -0.384. The van der Waals surface area contributed by atoms with Crippen LogP contribution in [0.4, 0.5) is 11.4 Å². The summed E-state index contributed by atoms with van der Waals surface area (Å²) in [6, 6.07) is 6.62. The zero-order chi connectivity index (χ0) is 14.0. The number of benzene rings is 1. The number of nitro groups is 1. The Kier molecular flexibility index (Phi) is 4.44. The first-order chi connectivity index (χ1) is 8.97. The van der Waals surface area contributed by atoms with Crippen molar-refractivity contribution in [3.8, 4) is 0 Å². The first kappa shape index (κ1) is 14.3. The first-order valence-corrected chi connectivity index (χ1v) is 7.47. The molecule has 0 aliphatic carbocycles. The van der Waals surface area contributed by atoms with Crippen molar-refractivity contribution in [2.24, 2.45) is 0 Å².